The summed E-state index contributed by atoms with van der Waals surface area (Å²) in [5.41, 5.74) is 6.97. The molecule has 0 atom stereocenters. The molecule has 0 saturated heterocycles. The van der Waals surface area contributed by atoms with Gasteiger partial charge in [0.05, 0.1) is 11.1 Å². The van der Waals surface area contributed by atoms with Gasteiger partial charge in [0.1, 0.15) is 18.9 Å². The van der Waals surface area contributed by atoms with Gasteiger partial charge in [-0.05, 0) is 60.7 Å². The lowest BCUT2D eigenvalue weighted by molar-refractivity contribution is -0.660. The molecule has 0 bridgehead atoms. The van der Waals surface area contributed by atoms with Crippen LogP contribution in [0.15, 0.2) is 48.7 Å². The van der Waals surface area contributed by atoms with Crippen molar-refractivity contribution in [2.24, 2.45) is 7.05 Å². The molecular weight excluding hydrogens is 311 g/mol. The number of nitrogens with zero attached hydrogens (tertiary/aromatic N) is 2. The van der Waals surface area contributed by atoms with Crippen molar-refractivity contribution < 1.29 is 8.96 Å². The van der Waals surface area contributed by atoms with E-state index in [2.05, 4.69) is 30.5 Å². The molecule has 0 N–H and O–H groups in total. The molecule has 1 aromatic heterocycles. The molecule has 0 unspecified atom stereocenters. The number of aryl methyl sites for hydroxylation is 2. The third-order valence-corrected chi connectivity index (χ3v) is 4.78. The second-order valence-electron chi connectivity index (χ2n) is 6.34. The highest BCUT2D eigenvalue weighted by Gasteiger charge is 2.19. The Kier molecular flexibility index (Phi) is 4.37. The van der Waals surface area contributed by atoms with Gasteiger partial charge in [0.15, 0.2) is 6.20 Å². The van der Waals surface area contributed by atoms with Crippen LogP contribution in [-0.2, 0) is 7.05 Å². The predicted octanol–water partition coefficient (Wildman–Crippen LogP) is 4.78. The lowest BCUT2D eigenvalue weighted by Gasteiger charge is -2.15. The quantitative estimate of drug-likeness (QED) is 0.621. The van der Waals surface area contributed by atoms with E-state index >= 15 is 0 Å². The summed E-state index contributed by atoms with van der Waals surface area (Å²) in [5.74, 6) is -0.438. The Labute approximate surface area is 147 Å². The van der Waals surface area contributed by atoms with Gasteiger partial charge < -0.3 is 0 Å². The fourth-order valence-corrected chi connectivity index (χ4v) is 3.38. The molecule has 0 spiro atoms. The SMILES string of the molecule is Cc1ccc(-c2ccc(C#N)c(F)c2C)c(C)c1-c1cccc[n+]1C. The van der Waals surface area contributed by atoms with Gasteiger partial charge in [-0.3, -0.25) is 0 Å². The first-order valence-corrected chi connectivity index (χ1v) is 8.20. The topological polar surface area (TPSA) is 27.7 Å². The first-order valence-electron chi connectivity index (χ1n) is 8.20. The maximum absolute atomic E-state index is 14.4. The normalized spacial score (nSPS) is 10.6. The Bertz CT molecular complexity index is 1010. The Morgan fingerprint density at radius 1 is 0.920 bits per heavy atom. The summed E-state index contributed by atoms with van der Waals surface area (Å²) in [6.07, 6.45) is 2.02. The van der Waals surface area contributed by atoms with Crippen LogP contribution in [0, 0.1) is 37.9 Å². The molecule has 3 aromatic rings. The van der Waals surface area contributed by atoms with Crippen LogP contribution in [0.2, 0.25) is 0 Å². The lowest BCUT2D eigenvalue weighted by atomic mass is 9.89. The molecule has 25 heavy (non-hydrogen) atoms. The molecule has 0 amide bonds. The molecule has 0 radical (unpaired) electrons. The number of nitriles is 1. The average Bonchev–Trinajstić information content (AvgIpc) is 2.60. The van der Waals surface area contributed by atoms with Crippen LogP contribution in [0.1, 0.15) is 22.3 Å². The van der Waals surface area contributed by atoms with E-state index < -0.39 is 5.82 Å². The van der Waals surface area contributed by atoms with E-state index in [9.17, 15) is 4.39 Å². The second-order valence-corrected chi connectivity index (χ2v) is 6.34. The van der Waals surface area contributed by atoms with Gasteiger partial charge in [-0.1, -0.05) is 18.2 Å². The highest BCUT2D eigenvalue weighted by Crippen LogP contribution is 2.35. The molecule has 124 valence electrons. The highest BCUT2D eigenvalue weighted by atomic mass is 19.1. The van der Waals surface area contributed by atoms with Crippen LogP contribution in [0.4, 0.5) is 4.39 Å². The van der Waals surface area contributed by atoms with E-state index in [-0.39, 0.29) is 5.56 Å². The minimum Gasteiger partial charge on any atom is -0.205 e. The van der Waals surface area contributed by atoms with E-state index in [1.165, 1.54) is 5.56 Å². The highest BCUT2D eigenvalue weighted by molar-refractivity contribution is 5.80. The van der Waals surface area contributed by atoms with Crippen molar-refractivity contribution in [3.05, 3.63) is 76.7 Å². The van der Waals surface area contributed by atoms with Gasteiger partial charge in [-0.25, -0.2) is 8.96 Å². The number of benzene rings is 2. The van der Waals surface area contributed by atoms with Crippen molar-refractivity contribution in [3.8, 4) is 28.5 Å². The fourth-order valence-electron chi connectivity index (χ4n) is 3.38. The number of halogens is 1. The summed E-state index contributed by atoms with van der Waals surface area (Å²) in [6, 6.07) is 15.5. The smallest absolute Gasteiger partial charge is 0.205 e. The van der Waals surface area contributed by atoms with Crippen molar-refractivity contribution >= 4 is 0 Å². The predicted molar refractivity (Wildman–Crippen MR) is 97.4 cm³/mol. The second kappa shape index (κ2) is 6.49. The van der Waals surface area contributed by atoms with Crippen LogP contribution in [-0.4, -0.2) is 0 Å². The summed E-state index contributed by atoms with van der Waals surface area (Å²) >= 11 is 0. The Morgan fingerprint density at radius 3 is 2.28 bits per heavy atom. The minimum absolute atomic E-state index is 0.0840. The van der Waals surface area contributed by atoms with Crippen molar-refractivity contribution in [2.75, 3.05) is 0 Å². The van der Waals surface area contributed by atoms with Gasteiger partial charge in [0, 0.05) is 12.1 Å². The zero-order valence-electron chi connectivity index (χ0n) is 14.9. The van der Waals surface area contributed by atoms with Crippen molar-refractivity contribution in [1.82, 2.24) is 0 Å². The third kappa shape index (κ3) is 2.81. The van der Waals surface area contributed by atoms with Crippen molar-refractivity contribution in [2.45, 2.75) is 20.8 Å². The Morgan fingerprint density at radius 2 is 1.60 bits per heavy atom. The summed E-state index contributed by atoms with van der Waals surface area (Å²) < 4.78 is 16.5. The molecule has 2 aromatic carbocycles. The molecule has 0 fully saturated rings. The first kappa shape index (κ1) is 16.9. The lowest BCUT2D eigenvalue weighted by Crippen LogP contribution is -2.30. The monoisotopic (exact) mass is 331 g/mol. The van der Waals surface area contributed by atoms with Gasteiger partial charge in [0.2, 0.25) is 5.69 Å². The average molecular weight is 331 g/mol. The van der Waals surface area contributed by atoms with E-state index in [0.29, 0.717) is 5.56 Å². The molecule has 0 aliphatic carbocycles. The number of pyridine rings is 1. The van der Waals surface area contributed by atoms with Crippen LogP contribution in [0.3, 0.4) is 0 Å². The fraction of sp³-hybridized carbons (Fsp3) is 0.182. The maximum Gasteiger partial charge on any atom is 0.212 e. The number of hydrogen-bond donors (Lipinski definition) is 0. The Hall–Kier alpha value is -2.99. The summed E-state index contributed by atoms with van der Waals surface area (Å²) in [6.45, 7) is 5.89. The van der Waals surface area contributed by atoms with E-state index in [0.717, 1.165) is 27.9 Å². The molecule has 3 heteroatoms. The number of rotatable bonds is 2. The molecule has 0 saturated carbocycles. The third-order valence-electron chi connectivity index (χ3n) is 4.78. The largest absolute Gasteiger partial charge is 0.212 e. The summed E-state index contributed by atoms with van der Waals surface area (Å²) in [4.78, 5) is 0. The van der Waals surface area contributed by atoms with E-state index in [1.807, 2.05) is 43.6 Å². The Balaban J connectivity index is 2.28. The van der Waals surface area contributed by atoms with E-state index in [1.54, 1.807) is 13.0 Å². The first-order chi connectivity index (χ1) is 12.0. The van der Waals surface area contributed by atoms with Crippen LogP contribution >= 0.6 is 0 Å². The molecule has 1 heterocycles. The number of aromatic nitrogens is 1. The number of hydrogen-bond acceptors (Lipinski definition) is 1. The minimum atomic E-state index is -0.438. The zero-order chi connectivity index (χ0) is 18.1. The maximum atomic E-state index is 14.4. The van der Waals surface area contributed by atoms with Gasteiger partial charge in [-0.2, -0.15) is 5.26 Å². The van der Waals surface area contributed by atoms with Gasteiger partial charge in [-0.15, -0.1) is 0 Å². The van der Waals surface area contributed by atoms with Crippen molar-refractivity contribution in [1.29, 1.82) is 5.26 Å². The zero-order valence-corrected chi connectivity index (χ0v) is 14.9. The molecule has 3 rings (SSSR count). The molecule has 0 aliphatic heterocycles. The van der Waals surface area contributed by atoms with Crippen LogP contribution in [0.25, 0.3) is 22.4 Å². The van der Waals surface area contributed by atoms with Crippen molar-refractivity contribution in [3.63, 3.8) is 0 Å². The van der Waals surface area contributed by atoms with E-state index in [4.69, 9.17) is 5.26 Å². The van der Waals surface area contributed by atoms with Gasteiger partial charge in [0.25, 0.3) is 0 Å². The standard InChI is InChI=1S/C22H20FN2/c1-14-8-10-18(19-11-9-17(13-24)22(23)16(19)3)15(2)21(14)20-7-5-6-12-25(20)4/h5-12H,1-4H3/q+1. The summed E-state index contributed by atoms with van der Waals surface area (Å²) in [5, 5.41) is 9.03. The molecule has 2 nitrogen and oxygen atoms in total. The summed E-state index contributed by atoms with van der Waals surface area (Å²) in [7, 11) is 2.02. The van der Waals surface area contributed by atoms with Gasteiger partial charge >= 0.3 is 0 Å². The van der Waals surface area contributed by atoms with Crippen LogP contribution in [0.5, 0.6) is 0 Å². The van der Waals surface area contributed by atoms with Crippen LogP contribution < -0.4 is 4.57 Å². The molecule has 0 aliphatic rings. The molecular formula is C22H20FN2+.